The van der Waals surface area contributed by atoms with E-state index >= 15 is 0 Å². The van der Waals surface area contributed by atoms with Crippen LogP contribution < -0.4 is 4.90 Å². The minimum atomic E-state index is -0.843. The van der Waals surface area contributed by atoms with Crippen LogP contribution in [0, 0.1) is 6.92 Å². The molecule has 6 nitrogen and oxygen atoms in total. The molecule has 0 radical (unpaired) electrons. The van der Waals surface area contributed by atoms with E-state index in [1.807, 2.05) is 37.3 Å². The maximum Gasteiger partial charge on any atom is 0.294 e. The Morgan fingerprint density at radius 2 is 1.94 bits per heavy atom. The van der Waals surface area contributed by atoms with Crippen LogP contribution in [0.5, 0.6) is 0 Å². The molecule has 2 aromatic carbocycles. The van der Waals surface area contributed by atoms with Crippen molar-refractivity contribution >= 4 is 44.3 Å². The SMILES string of the molecule is Cc1ccccc1N1C(=O)C(O)=C(C(=O)c2cc3cc(Br)ccc3o2)C1c1cccnc1. The molecule has 1 aliphatic heterocycles. The highest BCUT2D eigenvalue weighted by atomic mass is 79.9. The molecular weight excluding hydrogens is 472 g/mol. The Morgan fingerprint density at radius 3 is 2.69 bits per heavy atom. The lowest BCUT2D eigenvalue weighted by atomic mass is 9.95. The summed E-state index contributed by atoms with van der Waals surface area (Å²) in [7, 11) is 0. The van der Waals surface area contributed by atoms with Gasteiger partial charge in [-0.1, -0.05) is 40.2 Å². The number of Topliss-reactive ketones (excluding diaryl/α,β-unsaturated/α-hetero) is 1. The largest absolute Gasteiger partial charge is 0.503 e. The molecule has 4 aromatic rings. The molecule has 1 atom stereocenters. The minimum Gasteiger partial charge on any atom is -0.503 e. The number of hydrogen-bond donors (Lipinski definition) is 1. The summed E-state index contributed by atoms with van der Waals surface area (Å²) in [5.74, 6) is -1.73. The molecule has 0 aliphatic carbocycles. The topological polar surface area (TPSA) is 83.6 Å². The van der Waals surface area contributed by atoms with Crippen LogP contribution in [0.25, 0.3) is 11.0 Å². The van der Waals surface area contributed by atoms with Crippen molar-refractivity contribution in [1.29, 1.82) is 0 Å². The predicted molar refractivity (Wildman–Crippen MR) is 124 cm³/mol. The number of anilines is 1. The third-order valence-electron chi connectivity index (χ3n) is 5.53. The number of carbonyl (C=O) groups excluding carboxylic acids is 2. The van der Waals surface area contributed by atoms with Gasteiger partial charge in [-0.25, -0.2) is 0 Å². The average molecular weight is 489 g/mol. The Labute approximate surface area is 191 Å². The van der Waals surface area contributed by atoms with E-state index < -0.39 is 23.5 Å². The van der Waals surface area contributed by atoms with Crippen molar-refractivity contribution in [2.75, 3.05) is 4.90 Å². The molecule has 32 heavy (non-hydrogen) atoms. The summed E-state index contributed by atoms with van der Waals surface area (Å²) in [4.78, 5) is 32.4. The van der Waals surface area contributed by atoms with Gasteiger partial charge in [0, 0.05) is 27.9 Å². The molecule has 1 aliphatic rings. The number of hydrogen-bond acceptors (Lipinski definition) is 5. The summed E-state index contributed by atoms with van der Waals surface area (Å²) in [5.41, 5.74) is 2.55. The van der Waals surface area contributed by atoms with E-state index in [1.165, 1.54) is 4.90 Å². The molecule has 5 rings (SSSR count). The molecule has 1 amide bonds. The molecule has 1 unspecified atom stereocenters. The molecule has 0 bridgehead atoms. The first-order chi connectivity index (χ1) is 15.5. The van der Waals surface area contributed by atoms with Crippen molar-refractivity contribution in [2.45, 2.75) is 13.0 Å². The summed E-state index contributed by atoms with van der Waals surface area (Å²) >= 11 is 3.41. The fourth-order valence-electron chi connectivity index (χ4n) is 4.03. The average Bonchev–Trinajstić information content (AvgIpc) is 3.33. The first-order valence-corrected chi connectivity index (χ1v) is 10.7. The van der Waals surface area contributed by atoms with Gasteiger partial charge in [0.05, 0.1) is 11.6 Å². The highest BCUT2D eigenvalue weighted by molar-refractivity contribution is 9.10. The number of aliphatic hydroxyl groups is 1. The van der Waals surface area contributed by atoms with Crippen molar-refractivity contribution < 1.29 is 19.1 Å². The third kappa shape index (κ3) is 3.22. The monoisotopic (exact) mass is 488 g/mol. The van der Waals surface area contributed by atoms with E-state index in [9.17, 15) is 14.7 Å². The zero-order valence-electron chi connectivity index (χ0n) is 16.9. The van der Waals surface area contributed by atoms with Gasteiger partial charge in [-0.15, -0.1) is 0 Å². The lowest BCUT2D eigenvalue weighted by Crippen LogP contribution is -2.31. The van der Waals surface area contributed by atoms with Crippen LogP contribution in [0.1, 0.15) is 27.7 Å². The van der Waals surface area contributed by atoms with Gasteiger partial charge in [0.25, 0.3) is 5.91 Å². The fraction of sp³-hybridized carbons (Fsp3) is 0.0800. The van der Waals surface area contributed by atoms with E-state index in [1.54, 1.807) is 42.7 Å². The Balaban J connectivity index is 1.67. The number of amides is 1. The van der Waals surface area contributed by atoms with Gasteiger partial charge < -0.3 is 9.52 Å². The van der Waals surface area contributed by atoms with Crippen molar-refractivity contribution in [3.8, 4) is 0 Å². The number of pyridine rings is 1. The molecule has 0 fully saturated rings. The summed E-state index contributed by atoms with van der Waals surface area (Å²) in [6.07, 6.45) is 3.20. The minimum absolute atomic E-state index is 0.0376. The molecule has 0 spiro atoms. The van der Waals surface area contributed by atoms with Crippen molar-refractivity contribution in [2.24, 2.45) is 0 Å². The summed E-state index contributed by atoms with van der Waals surface area (Å²) < 4.78 is 6.62. The summed E-state index contributed by atoms with van der Waals surface area (Å²) in [6, 6.07) is 17.0. The number of furan rings is 1. The number of aryl methyl sites for hydroxylation is 1. The number of rotatable bonds is 4. The van der Waals surface area contributed by atoms with Gasteiger partial charge >= 0.3 is 0 Å². The number of benzene rings is 2. The maximum atomic E-state index is 13.6. The fourth-order valence-corrected chi connectivity index (χ4v) is 4.41. The van der Waals surface area contributed by atoms with Crippen LogP contribution in [0.4, 0.5) is 5.69 Å². The number of fused-ring (bicyclic) bond motifs is 1. The predicted octanol–water partition coefficient (Wildman–Crippen LogP) is 5.68. The Kier molecular flexibility index (Phi) is 4.90. The Bertz CT molecular complexity index is 1410. The lowest BCUT2D eigenvalue weighted by molar-refractivity contribution is -0.117. The van der Waals surface area contributed by atoms with Crippen LogP contribution in [0.3, 0.4) is 0 Å². The van der Waals surface area contributed by atoms with Crippen LogP contribution in [0.2, 0.25) is 0 Å². The van der Waals surface area contributed by atoms with Crippen LogP contribution >= 0.6 is 15.9 Å². The first kappa shape index (κ1) is 20.2. The second kappa shape index (κ2) is 7.76. The van der Waals surface area contributed by atoms with Crippen molar-refractivity contribution in [3.63, 3.8) is 0 Å². The number of aliphatic hydroxyl groups excluding tert-OH is 1. The van der Waals surface area contributed by atoms with E-state index in [4.69, 9.17) is 4.42 Å². The number of aromatic nitrogens is 1. The molecular formula is C25H17BrN2O4. The standard InChI is InChI=1S/C25H17BrN2O4/c1-14-5-2-3-7-18(14)28-22(15-6-4-10-27-13-15)21(24(30)25(28)31)23(29)20-12-16-11-17(26)8-9-19(16)32-20/h2-13,22,30H,1H3. The van der Waals surface area contributed by atoms with Crippen LogP contribution in [0.15, 0.2) is 93.3 Å². The lowest BCUT2D eigenvalue weighted by Gasteiger charge is -2.27. The third-order valence-corrected chi connectivity index (χ3v) is 6.02. The van der Waals surface area contributed by atoms with Gasteiger partial charge in [0.15, 0.2) is 11.5 Å². The highest BCUT2D eigenvalue weighted by Crippen LogP contribution is 2.43. The second-order valence-corrected chi connectivity index (χ2v) is 8.45. The Hall–Kier alpha value is -3.71. The summed E-state index contributed by atoms with van der Waals surface area (Å²) in [5, 5.41) is 11.6. The molecule has 3 heterocycles. The molecule has 0 saturated carbocycles. The number of ketones is 1. The van der Waals surface area contributed by atoms with Gasteiger partial charge in [-0.05, 0) is 54.4 Å². The molecule has 7 heteroatoms. The molecule has 1 N–H and O–H groups in total. The number of carbonyl (C=O) groups is 2. The van der Waals surface area contributed by atoms with Crippen LogP contribution in [-0.2, 0) is 4.79 Å². The molecule has 158 valence electrons. The number of para-hydroxylation sites is 1. The number of halogens is 1. The van der Waals surface area contributed by atoms with Gasteiger partial charge in [-0.3, -0.25) is 19.5 Å². The normalized spacial score (nSPS) is 16.2. The van der Waals surface area contributed by atoms with Gasteiger partial charge in [0.1, 0.15) is 5.58 Å². The zero-order chi connectivity index (χ0) is 22.4. The van der Waals surface area contributed by atoms with Gasteiger partial charge in [-0.2, -0.15) is 0 Å². The molecule has 2 aromatic heterocycles. The van der Waals surface area contributed by atoms with E-state index in [0.29, 0.717) is 16.8 Å². The van der Waals surface area contributed by atoms with Crippen molar-refractivity contribution in [3.05, 3.63) is 106 Å². The van der Waals surface area contributed by atoms with E-state index in [0.717, 1.165) is 15.4 Å². The number of nitrogens with zero attached hydrogens (tertiary/aromatic N) is 2. The Morgan fingerprint density at radius 1 is 1.12 bits per heavy atom. The zero-order valence-corrected chi connectivity index (χ0v) is 18.5. The van der Waals surface area contributed by atoms with Gasteiger partial charge in [0.2, 0.25) is 5.78 Å². The summed E-state index contributed by atoms with van der Waals surface area (Å²) in [6.45, 7) is 1.87. The van der Waals surface area contributed by atoms with Crippen LogP contribution in [-0.4, -0.2) is 21.8 Å². The second-order valence-electron chi connectivity index (χ2n) is 7.53. The highest BCUT2D eigenvalue weighted by Gasteiger charge is 2.45. The van der Waals surface area contributed by atoms with E-state index in [2.05, 4.69) is 20.9 Å². The molecule has 0 saturated heterocycles. The van der Waals surface area contributed by atoms with E-state index in [-0.39, 0.29) is 11.3 Å². The van der Waals surface area contributed by atoms with Crippen molar-refractivity contribution in [1.82, 2.24) is 4.98 Å². The quantitative estimate of drug-likeness (QED) is 0.373. The maximum absolute atomic E-state index is 13.6. The first-order valence-electron chi connectivity index (χ1n) is 9.91. The smallest absolute Gasteiger partial charge is 0.294 e.